The Hall–Kier alpha value is -1.60. The molecule has 4 nitrogen and oxygen atoms in total. The summed E-state index contributed by atoms with van der Waals surface area (Å²) >= 11 is 0. The molecule has 0 fully saturated rings. The minimum atomic E-state index is -0.101. The van der Waals surface area contributed by atoms with Crippen LogP contribution in [0.1, 0.15) is 18.1 Å². The topological polar surface area (TPSA) is 68.9 Å². The van der Waals surface area contributed by atoms with Crippen LogP contribution in [0.5, 0.6) is 0 Å². The van der Waals surface area contributed by atoms with E-state index in [9.17, 15) is 0 Å². The molecule has 0 saturated heterocycles. The van der Waals surface area contributed by atoms with Crippen molar-refractivity contribution in [2.45, 2.75) is 19.9 Å². The number of aliphatic hydroxyl groups is 1. The van der Waals surface area contributed by atoms with Crippen molar-refractivity contribution in [3.63, 3.8) is 0 Å². The molecule has 1 atom stereocenters. The van der Waals surface area contributed by atoms with E-state index in [0.717, 1.165) is 5.56 Å². The van der Waals surface area contributed by atoms with E-state index in [1.54, 1.807) is 12.3 Å². The smallest absolute Gasteiger partial charge is 0.144 e. The lowest BCUT2D eigenvalue weighted by Crippen LogP contribution is -2.20. The van der Waals surface area contributed by atoms with Gasteiger partial charge in [-0.05, 0) is 25.5 Å². The zero-order valence-electron chi connectivity index (χ0n) is 8.28. The highest BCUT2D eigenvalue weighted by atomic mass is 16.3. The molecule has 0 aliphatic carbocycles. The summed E-state index contributed by atoms with van der Waals surface area (Å²) in [6, 6.07) is 3.77. The van der Waals surface area contributed by atoms with Crippen molar-refractivity contribution in [2.75, 3.05) is 11.9 Å². The van der Waals surface area contributed by atoms with Crippen LogP contribution >= 0.6 is 0 Å². The van der Waals surface area contributed by atoms with Crippen LogP contribution in [0.25, 0.3) is 0 Å². The van der Waals surface area contributed by atoms with E-state index in [1.165, 1.54) is 0 Å². The average Bonchev–Trinajstić information content (AvgIpc) is 2.18. The first-order valence-electron chi connectivity index (χ1n) is 4.42. The maximum Gasteiger partial charge on any atom is 0.144 e. The van der Waals surface area contributed by atoms with Crippen molar-refractivity contribution in [3.05, 3.63) is 23.4 Å². The Balaban J connectivity index is 2.98. The molecule has 2 N–H and O–H groups in total. The second-order valence-corrected chi connectivity index (χ2v) is 3.19. The van der Waals surface area contributed by atoms with Crippen molar-refractivity contribution in [1.29, 1.82) is 5.26 Å². The fourth-order valence-corrected chi connectivity index (χ4v) is 1.09. The summed E-state index contributed by atoms with van der Waals surface area (Å²) in [7, 11) is 0. The van der Waals surface area contributed by atoms with Gasteiger partial charge in [0.2, 0.25) is 0 Å². The quantitative estimate of drug-likeness (QED) is 0.749. The highest BCUT2D eigenvalue weighted by molar-refractivity contribution is 5.55. The van der Waals surface area contributed by atoms with Gasteiger partial charge in [-0.25, -0.2) is 4.98 Å². The fourth-order valence-electron chi connectivity index (χ4n) is 1.09. The molecule has 1 rings (SSSR count). The number of aliphatic hydroxyl groups excluding tert-OH is 1. The summed E-state index contributed by atoms with van der Waals surface area (Å²) in [6.45, 7) is 3.70. The van der Waals surface area contributed by atoms with Gasteiger partial charge in [0.05, 0.1) is 12.2 Å². The first-order chi connectivity index (χ1) is 6.69. The lowest BCUT2D eigenvalue weighted by molar-refractivity contribution is 0.281. The van der Waals surface area contributed by atoms with Crippen LogP contribution in [0.15, 0.2) is 12.3 Å². The Morgan fingerprint density at radius 2 is 2.43 bits per heavy atom. The Labute approximate surface area is 83.2 Å². The van der Waals surface area contributed by atoms with Crippen LogP contribution < -0.4 is 5.32 Å². The molecular weight excluding hydrogens is 178 g/mol. The molecule has 0 aliphatic heterocycles. The summed E-state index contributed by atoms with van der Waals surface area (Å²) in [4.78, 5) is 4.05. The molecule has 1 aromatic rings. The molecule has 0 spiro atoms. The van der Waals surface area contributed by atoms with Gasteiger partial charge in [-0.15, -0.1) is 0 Å². The predicted octanol–water partition coefficient (Wildman–Crippen LogP) is 1.05. The maximum atomic E-state index is 8.89. The van der Waals surface area contributed by atoms with E-state index in [1.807, 2.05) is 13.8 Å². The van der Waals surface area contributed by atoms with Gasteiger partial charge >= 0.3 is 0 Å². The third kappa shape index (κ3) is 2.21. The molecule has 14 heavy (non-hydrogen) atoms. The van der Waals surface area contributed by atoms with Gasteiger partial charge in [-0.2, -0.15) is 5.26 Å². The Kier molecular flexibility index (Phi) is 3.43. The van der Waals surface area contributed by atoms with Crippen LogP contribution in [0, 0.1) is 18.3 Å². The maximum absolute atomic E-state index is 8.89. The molecule has 0 aliphatic rings. The van der Waals surface area contributed by atoms with Crippen molar-refractivity contribution >= 4 is 5.82 Å². The molecular formula is C10H13N3O. The summed E-state index contributed by atoms with van der Waals surface area (Å²) in [6.07, 6.45) is 1.64. The Bertz CT molecular complexity index is 357. The molecule has 0 bridgehead atoms. The first kappa shape index (κ1) is 10.5. The van der Waals surface area contributed by atoms with Crippen molar-refractivity contribution in [2.24, 2.45) is 0 Å². The normalized spacial score (nSPS) is 11.9. The molecule has 0 radical (unpaired) electrons. The zero-order valence-corrected chi connectivity index (χ0v) is 8.28. The molecule has 0 amide bonds. The van der Waals surface area contributed by atoms with Gasteiger partial charge in [0.1, 0.15) is 11.9 Å². The fraction of sp³-hybridized carbons (Fsp3) is 0.400. The minimum absolute atomic E-state index is 0.0144. The average molecular weight is 191 g/mol. The van der Waals surface area contributed by atoms with E-state index in [4.69, 9.17) is 10.4 Å². The highest BCUT2D eigenvalue weighted by Gasteiger charge is 2.08. The zero-order chi connectivity index (χ0) is 10.6. The second kappa shape index (κ2) is 4.58. The monoisotopic (exact) mass is 191 g/mol. The molecule has 74 valence electrons. The Morgan fingerprint density at radius 1 is 1.71 bits per heavy atom. The van der Waals surface area contributed by atoms with Crippen LogP contribution in [0.3, 0.4) is 0 Å². The summed E-state index contributed by atoms with van der Waals surface area (Å²) in [5, 5.41) is 20.7. The summed E-state index contributed by atoms with van der Waals surface area (Å²) < 4.78 is 0. The molecule has 1 unspecified atom stereocenters. The lowest BCUT2D eigenvalue weighted by atomic mass is 10.1. The lowest BCUT2D eigenvalue weighted by Gasteiger charge is -2.13. The van der Waals surface area contributed by atoms with E-state index in [0.29, 0.717) is 11.4 Å². The second-order valence-electron chi connectivity index (χ2n) is 3.19. The number of aromatic nitrogens is 1. The van der Waals surface area contributed by atoms with Gasteiger partial charge in [-0.1, -0.05) is 0 Å². The third-order valence-corrected chi connectivity index (χ3v) is 1.93. The van der Waals surface area contributed by atoms with Gasteiger partial charge in [0.15, 0.2) is 0 Å². The van der Waals surface area contributed by atoms with E-state index in [-0.39, 0.29) is 12.6 Å². The number of hydrogen-bond acceptors (Lipinski definition) is 4. The predicted molar refractivity (Wildman–Crippen MR) is 53.9 cm³/mol. The van der Waals surface area contributed by atoms with Crippen molar-refractivity contribution < 1.29 is 5.11 Å². The van der Waals surface area contributed by atoms with Gasteiger partial charge in [0, 0.05) is 12.2 Å². The largest absolute Gasteiger partial charge is 0.394 e. The minimum Gasteiger partial charge on any atom is -0.394 e. The number of nitrogens with zero attached hydrogens (tertiary/aromatic N) is 2. The number of nitrogens with one attached hydrogen (secondary N) is 1. The standard InChI is InChI=1S/C10H13N3O/c1-7-3-4-12-10(9(7)5-11)13-8(2)6-14/h3-4,8,14H,6H2,1-2H3,(H,12,13). The SMILES string of the molecule is Cc1ccnc(NC(C)CO)c1C#N. The summed E-state index contributed by atoms with van der Waals surface area (Å²) in [5.41, 5.74) is 1.42. The van der Waals surface area contributed by atoms with Crippen LogP contribution in [0.2, 0.25) is 0 Å². The molecule has 4 heteroatoms. The number of aryl methyl sites for hydroxylation is 1. The number of pyridine rings is 1. The van der Waals surface area contributed by atoms with Crippen molar-refractivity contribution in [1.82, 2.24) is 4.98 Å². The molecule has 0 saturated carbocycles. The number of nitriles is 1. The van der Waals surface area contributed by atoms with Crippen LogP contribution in [-0.4, -0.2) is 22.7 Å². The first-order valence-corrected chi connectivity index (χ1v) is 4.42. The van der Waals surface area contributed by atoms with E-state index in [2.05, 4.69) is 16.4 Å². The molecule has 1 aromatic heterocycles. The third-order valence-electron chi connectivity index (χ3n) is 1.93. The number of anilines is 1. The van der Waals surface area contributed by atoms with Crippen LogP contribution in [0.4, 0.5) is 5.82 Å². The van der Waals surface area contributed by atoms with E-state index >= 15 is 0 Å². The van der Waals surface area contributed by atoms with E-state index < -0.39 is 0 Å². The Morgan fingerprint density at radius 3 is 3.00 bits per heavy atom. The van der Waals surface area contributed by atoms with Gasteiger partial charge < -0.3 is 10.4 Å². The molecule has 1 heterocycles. The summed E-state index contributed by atoms with van der Waals surface area (Å²) in [5.74, 6) is 0.536. The number of rotatable bonds is 3. The van der Waals surface area contributed by atoms with Crippen molar-refractivity contribution in [3.8, 4) is 6.07 Å². The number of hydrogen-bond donors (Lipinski definition) is 2. The molecule has 0 aromatic carbocycles. The van der Waals surface area contributed by atoms with Gasteiger partial charge in [-0.3, -0.25) is 0 Å². The van der Waals surface area contributed by atoms with Crippen LogP contribution in [-0.2, 0) is 0 Å². The highest BCUT2D eigenvalue weighted by Crippen LogP contribution is 2.15. The van der Waals surface area contributed by atoms with Gasteiger partial charge in [0.25, 0.3) is 0 Å².